The highest BCUT2D eigenvalue weighted by atomic mass is 79.9. The molecule has 1 N–H and O–H groups in total. The Balaban J connectivity index is 1.73. The zero-order valence-electron chi connectivity index (χ0n) is 13.1. The Morgan fingerprint density at radius 1 is 1.25 bits per heavy atom. The van der Waals surface area contributed by atoms with E-state index in [4.69, 9.17) is 0 Å². The van der Waals surface area contributed by atoms with Gasteiger partial charge in [-0.1, -0.05) is 18.2 Å². The van der Waals surface area contributed by atoms with Crippen LogP contribution >= 0.6 is 15.9 Å². The van der Waals surface area contributed by atoms with Crippen LogP contribution in [-0.2, 0) is 11.3 Å². The van der Waals surface area contributed by atoms with Gasteiger partial charge >= 0.3 is 0 Å². The third kappa shape index (κ3) is 3.54. The summed E-state index contributed by atoms with van der Waals surface area (Å²) in [4.78, 5) is 24.0. The number of nitrogens with one attached hydrogen (secondary N) is 1. The van der Waals surface area contributed by atoms with Gasteiger partial charge in [-0.15, -0.1) is 0 Å². The summed E-state index contributed by atoms with van der Waals surface area (Å²) in [7, 11) is 0. The molecule has 2 aromatic carbocycles. The number of carbonyl (C=O) groups excluding carboxylic acids is 1. The van der Waals surface area contributed by atoms with Crippen molar-refractivity contribution in [3.8, 4) is 0 Å². The molecule has 24 heavy (non-hydrogen) atoms. The monoisotopic (exact) mass is 385 g/mol. The van der Waals surface area contributed by atoms with E-state index < -0.39 is 0 Å². The summed E-state index contributed by atoms with van der Waals surface area (Å²) in [5.74, 6) is -0.107. The number of para-hydroxylation sites is 1. The molecule has 0 saturated heterocycles. The normalized spacial score (nSPS) is 10.8. The fraction of sp³-hybridized carbons (Fsp3) is 0.167. The number of amides is 1. The molecule has 0 radical (unpaired) electrons. The zero-order chi connectivity index (χ0) is 17.1. The lowest BCUT2D eigenvalue weighted by Crippen LogP contribution is -2.18. The molecule has 0 aliphatic heterocycles. The highest BCUT2D eigenvalue weighted by Crippen LogP contribution is 2.23. The molecular weight excluding hydrogens is 370 g/mol. The lowest BCUT2D eigenvalue weighted by Gasteiger charge is -2.10. The highest BCUT2D eigenvalue weighted by molar-refractivity contribution is 9.10. The molecule has 1 heterocycles. The molecule has 0 atom stereocenters. The molecule has 0 aliphatic carbocycles. The van der Waals surface area contributed by atoms with E-state index in [0.29, 0.717) is 11.9 Å². The van der Waals surface area contributed by atoms with Crippen molar-refractivity contribution in [3.05, 3.63) is 68.9 Å². The van der Waals surface area contributed by atoms with Crippen LogP contribution in [0.5, 0.6) is 0 Å². The quantitative estimate of drug-likeness (QED) is 0.747. The second-order valence-corrected chi connectivity index (χ2v) is 6.38. The summed E-state index contributed by atoms with van der Waals surface area (Å²) in [6.07, 6.45) is 1.55. The minimum Gasteiger partial charge on any atom is -0.325 e. The highest BCUT2D eigenvalue weighted by Gasteiger charge is 2.08. The Morgan fingerprint density at radius 2 is 2.04 bits per heavy atom. The average molecular weight is 386 g/mol. The third-order valence-electron chi connectivity index (χ3n) is 3.71. The molecule has 1 aromatic heterocycles. The van der Waals surface area contributed by atoms with Crippen molar-refractivity contribution in [3.63, 3.8) is 0 Å². The maximum Gasteiger partial charge on any atom is 0.226 e. The van der Waals surface area contributed by atoms with Gasteiger partial charge in [-0.25, -0.2) is 0 Å². The lowest BCUT2D eigenvalue weighted by atomic mass is 10.2. The second-order valence-electron chi connectivity index (χ2n) is 5.53. The van der Waals surface area contributed by atoms with Gasteiger partial charge in [0, 0.05) is 16.3 Å². The number of carbonyl (C=O) groups is 1. The van der Waals surface area contributed by atoms with E-state index in [1.54, 1.807) is 10.7 Å². The number of anilines is 1. The van der Waals surface area contributed by atoms with Crippen molar-refractivity contribution in [2.24, 2.45) is 0 Å². The number of fused-ring (bicyclic) bond motifs is 1. The van der Waals surface area contributed by atoms with Crippen LogP contribution in [-0.4, -0.2) is 15.7 Å². The van der Waals surface area contributed by atoms with Crippen LogP contribution in [0.1, 0.15) is 12.0 Å². The first-order valence-corrected chi connectivity index (χ1v) is 8.35. The number of aromatic nitrogens is 2. The Labute approximate surface area is 147 Å². The van der Waals surface area contributed by atoms with E-state index in [2.05, 4.69) is 26.3 Å². The molecule has 3 aromatic rings. The van der Waals surface area contributed by atoms with Crippen LogP contribution in [0.3, 0.4) is 0 Å². The van der Waals surface area contributed by atoms with Gasteiger partial charge in [0.05, 0.1) is 23.9 Å². The van der Waals surface area contributed by atoms with Gasteiger partial charge in [0.1, 0.15) is 0 Å². The molecule has 0 unspecified atom stereocenters. The second kappa shape index (κ2) is 6.97. The standard InChI is InChI=1S/C18H16BrN3O2/c1-12-6-7-15(14(19)10-12)21-18(24)8-9-22-16-5-3-2-4-13(16)17(23)11-20-22/h2-7,10-11H,8-9H2,1H3,(H,21,24). The van der Waals surface area contributed by atoms with Crippen LogP contribution in [0.4, 0.5) is 5.69 Å². The lowest BCUT2D eigenvalue weighted by molar-refractivity contribution is -0.116. The molecule has 5 nitrogen and oxygen atoms in total. The number of hydrogen-bond acceptors (Lipinski definition) is 3. The molecule has 0 spiro atoms. The Morgan fingerprint density at radius 3 is 2.83 bits per heavy atom. The number of nitrogens with zero attached hydrogens (tertiary/aromatic N) is 2. The summed E-state index contributed by atoms with van der Waals surface area (Å²) < 4.78 is 2.53. The van der Waals surface area contributed by atoms with Crippen LogP contribution in [0, 0.1) is 6.92 Å². The zero-order valence-corrected chi connectivity index (χ0v) is 14.7. The average Bonchev–Trinajstić information content (AvgIpc) is 2.57. The van der Waals surface area contributed by atoms with E-state index in [1.165, 1.54) is 6.20 Å². The van der Waals surface area contributed by atoms with Gasteiger partial charge in [0.25, 0.3) is 0 Å². The van der Waals surface area contributed by atoms with Crippen LogP contribution in [0.2, 0.25) is 0 Å². The largest absolute Gasteiger partial charge is 0.325 e. The van der Waals surface area contributed by atoms with E-state index >= 15 is 0 Å². The van der Waals surface area contributed by atoms with Crippen LogP contribution in [0.15, 0.2) is 57.9 Å². The number of hydrogen-bond donors (Lipinski definition) is 1. The topological polar surface area (TPSA) is 64.0 Å². The number of halogens is 1. The maximum atomic E-state index is 12.2. The van der Waals surface area contributed by atoms with E-state index in [0.717, 1.165) is 21.2 Å². The van der Waals surface area contributed by atoms with Crippen LogP contribution in [0.25, 0.3) is 10.9 Å². The molecule has 1 amide bonds. The molecule has 0 saturated carbocycles. The summed E-state index contributed by atoms with van der Waals surface area (Å²) >= 11 is 3.45. The Kier molecular flexibility index (Phi) is 4.76. The first kappa shape index (κ1) is 16.4. The third-order valence-corrected chi connectivity index (χ3v) is 4.37. The molecule has 6 heteroatoms. The molecule has 0 aliphatic rings. The van der Waals surface area contributed by atoms with E-state index in [9.17, 15) is 9.59 Å². The number of aryl methyl sites for hydroxylation is 2. The van der Waals surface area contributed by atoms with Gasteiger partial charge in [-0.05, 0) is 52.7 Å². The van der Waals surface area contributed by atoms with Gasteiger partial charge < -0.3 is 5.32 Å². The summed E-state index contributed by atoms with van der Waals surface area (Å²) in [6.45, 7) is 2.39. The summed E-state index contributed by atoms with van der Waals surface area (Å²) in [5.41, 5.74) is 2.47. The number of rotatable bonds is 4. The van der Waals surface area contributed by atoms with Crippen molar-refractivity contribution in [1.82, 2.24) is 9.78 Å². The van der Waals surface area contributed by atoms with Gasteiger partial charge in [0.2, 0.25) is 11.3 Å². The van der Waals surface area contributed by atoms with Crippen molar-refractivity contribution in [1.29, 1.82) is 0 Å². The van der Waals surface area contributed by atoms with Crippen molar-refractivity contribution >= 4 is 38.4 Å². The van der Waals surface area contributed by atoms with E-state index in [1.807, 2.05) is 43.3 Å². The molecule has 0 bridgehead atoms. The van der Waals surface area contributed by atoms with Crippen molar-refractivity contribution < 1.29 is 4.79 Å². The minimum atomic E-state index is -0.116. The van der Waals surface area contributed by atoms with Crippen LogP contribution < -0.4 is 10.7 Å². The Hall–Kier alpha value is -2.47. The molecular formula is C18H16BrN3O2. The fourth-order valence-electron chi connectivity index (χ4n) is 2.48. The van der Waals surface area contributed by atoms with Gasteiger partial charge in [-0.3, -0.25) is 14.3 Å². The predicted octanol–water partition coefficient (Wildman–Crippen LogP) is 3.50. The van der Waals surface area contributed by atoms with E-state index in [-0.39, 0.29) is 17.8 Å². The summed E-state index contributed by atoms with van der Waals surface area (Å²) in [5, 5.41) is 7.61. The first-order valence-electron chi connectivity index (χ1n) is 7.55. The molecule has 122 valence electrons. The molecule has 3 rings (SSSR count). The summed E-state index contributed by atoms with van der Waals surface area (Å²) in [6, 6.07) is 13.0. The minimum absolute atomic E-state index is 0.107. The van der Waals surface area contributed by atoms with Gasteiger partial charge in [0.15, 0.2) is 0 Å². The fourth-order valence-corrected chi connectivity index (χ4v) is 3.07. The Bertz CT molecular complexity index is 966. The van der Waals surface area contributed by atoms with Gasteiger partial charge in [-0.2, -0.15) is 5.10 Å². The number of benzene rings is 2. The molecule has 0 fully saturated rings. The SMILES string of the molecule is Cc1ccc(NC(=O)CCn2ncc(=O)c3ccccc32)c(Br)c1. The maximum absolute atomic E-state index is 12.2. The first-order chi connectivity index (χ1) is 11.5. The predicted molar refractivity (Wildman–Crippen MR) is 98.1 cm³/mol. The smallest absolute Gasteiger partial charge is 0.226 e. The van der Waals surface area contributed by atoms with Crippen molar-refractivity contribution in [2.45, 2.75) is 19.9 Å². The van der Waals surface area contributed by atoms with Crippen molar-refractivity contribution in [2.75, 3.05) is 5.32 Å².